The average molecular weight is 588 g/mol. The van der Waals surface area contributed by atoms with E-state index in [-0.39, 0.29) is 25.3 Å². The van der Waals surface area contributed by atoms with E-state index < -0.39 is 24.1 Å². The van der Waals surface area contributed by atoms with Crippen molar-refractivity contribution in [1.82, 2.24) is 9.80 Å². The molecular weight excluding hydrogens is 550 g/mol. The lowest BCUT2D eigenvalue weighted by Crippen LogP contribution is -2.63. The van der Waals surface area contributed by atoms with Crippen molar-refractivity contribution in [1.29, 1.82) is 5.26 Å². The molecule has 10 nitrogen and oxygen atoms in total. The van der Waals surface area contributed by atoms with Crippen molar-refractivity contribution in [2.45, 2.75) is 51.4 Å². The van der Waals surface area contributed by atoms with Crippen LogP contribution in [0.5, 0.6) is 17.2 Å². The summed E-state index contributed by atoms with van der Waals surface area (Å²) < 4.78 is 29.1. The molecule has 2 aliphatic heterocycles. The lowest BCUT2D eigenvalue weighted by Gasteiger charge is -2.51. The molecular formula is C33H37N3O7. The molecule has 1 saturated heterocycles. The van der Waals surface area contributed by atoms with Crippen LogP contribution in [-0.2, 0) is 15.9 Å². The highest BCUT2D eigenvalue weighted by Gasteiger charge is 2.48. The number of carbonyl (C=O) groups excluding carboxylic acids is 2. The predicted molar refractivity (Wildman–Crippen MR) is 160 cm³/mol. The molecule has 43 heavy (non-hydrogen) atoms. The smallest absolute Gasteiger partial charge is 0.410 e. The third-order valence-corrected chi connectivity index (χ3v) is 8.21. The summed E-state index contributed by atoms with van der Waals surface area (Å²) in [5.74, 6) is 1.17. The largest absolute Gasteiger partial charge is 0.496 e. The van der Waals surface area contributed by atoms with Gasteiger partial charge in [-0.15, -0.1) is 0 Å². The number of nitrogens with zero attached hydrogens (tertiary/aromatic N) is 3. The van der Waals surface area contributed by atoms with Crippen LogP contribution in [0, 0.1) is 18.3 Å². The first-order chi connectivity index (χ1) is 20.7. The Bertz CT molecular complexity index is 1580. The molecule has 10 heteroatoms. The van der Waals surface area contributed by atoms with Gasteiger partial charge in [0.2, 0.25) is 0 Å². The zero-order valence-corrected chi connectivity index (χ0v) is 25.4. The van der Waals surface area contributed by atoms with Gasteiger partial charge in [-0.2, -0.15) is 5.26 Å². The minimum absolute atomic E-state index is 0.0636. The topological polar surface area (TPSA) is 111 Å². The van der Waals surface area contributed by atoms with Gasteiger partial charge in [0.1, 0.15) is 18.4 Å². The molecule has 0 unspecified atom stereocenters. The molecule has 1 amide bonds. The van der Waals surface area contributed by atoms with Gasteiger partial charge in [-0.3, -0.25) is 4.90 Å². The number of esters is 1. The zero-order valence-electron chi connectivity index (χ0n) is 25.4. The fourth-order valence-corrected chi connectivity index (χ4v) is 6.51. The van der Waals surface area contributed by atoms with Crippen molar-refractivity contribution in [2.24, 2.45) is 0 Å². The summed E-state index contributed by atoms with van der Waals surface area (Å²) in [5.41, 5.74) is 2.82. The Balaban J connectivity index is 1.59. The lowest BCUT2D eigenvalue weighted by molar-refractivity contribution is -0.0269. The second-order valence-electron chi connectivity index (χ2n) is 11.0. The van der Waals surface area contributed by atoms with Crippen LogP contribution < -0.4 is 14.2 Å². The third-order valence-electron chi connectivity index (χ3n) is 8.21. The molecule has 5 rings (SSSR count). The maximum absolute atomic E-state index is 13.6. The second kappa shape index (κ2) is 12.4. The van der Waals surface area contributed by atoms with Crippen LogP contribution in [0.1, 0.15) is 46.9 Å². The summed E-state index contributed by atoms with van der Waals surface area (Å²) in [4.78, 5) is 30.1. The molecule has 0 aromatic heterocycles. The molecule has 226 valence electrons. The van der Waals surface area contributed by atoms with Gasteiger partial charge in [-0.25, -0.2) is 9.59 Å². The standard InChI is InChI=1S/C33H37N3O7/c1-19(2)43-33(38)35-16-22-14-26-28(31(41-6)30(40-5)20(3)29(26)39-4)27(36(22)23(15-34)17-35)18-42-32(37)25-13-9-11-21-10-7-8-12-24(21)25/h7-13,19,22-23,27H,14,16-18H2,1-6H3/t22-,23+,27-/m0/s1. The minimum atomic E-state index is -0.698. The molecule has 3 aromatic rings. The Kier molecular flexibility index (Phi) is 8.64. The van der Waals surface area contributed by atoms with Crippen LogP contribution in [0.2, 0.25) is 0 Å². The quantitative estimate of drug-likeness (QED) is 0.351. The highest BCUT2D eigenvalue weighted by Crippen LogP contribution is 2.51. The van der Waals surface area contributed by atoms with E-state index in [9.17, 15) is 14.9 Å². The molecule has 0 saturated carbocycles. The highest BCUT2D eigenvalue weighted by molar-refractivity contribution is 6.04. The number of hydrogen-bond donors (Lipinski definition) is 0. The van der Waals surface area contributed by atoms with Gasteiger partial charge in [-0.1, -0.05) is 36.4 Å². The maximum Gasteiger partial charge on any atom is 0.410 e. The number of carbonyl (C=O) groups is 2. The zero-order chi connectivity index (χ0) is 30.8. The Morgan fingerprint density at radius 1 is 0.977 bits per heavy atom. The first-order valence-corrected chi connectivity index (χ1v) is 14.3. The minimum Gasteiger partial charge on any atom is -0.496 e. The first kappa shape index (κ1) is 30.0. The van der Waals surface area contributed by atoms with Gasteiger partial charge in [-0.05, 0) is 44.0 Å². The van der Waals surface area contributed by atoms with Crippen molar-refractivity contribution in [3.05, 3.63) is 64.7 Å². The van der Waals surface area contributed by atoms with Crippen LogP contribution in [-0.4, -0.2) is 81.1 Å². The van der Waals surface area contributed by atoms with Crippen LogP contribution in [0.25, 0.3) is 10.8 Å². The predicted octanol–water partition coefficient (Wildman–Crippen LogP) is 5.05. The van der Waals surface area contributed by atoms with Gasteiger partial charge in [0.25, 0.3) is 0 Å². The van der Waals surface area contributed by atoms with Gasteiger partial charge in [0, 0.05) is 29.3 Å². The number of benzene rings is 3. The van der Waals surface area contributed by atoms with Crippen molar-refractivity contribution >= 4 is 22.8 Å². The molecule has 0 N–H and O–H groups in total. The highest BCUT2D eigenvalue weighted by atomic mass is 16.6. The lowest BCUT2D eigenvalue weighted by atomic mass is 9.82. The van der Waals surface area contributed by atoms with E-state index in [0.29, 0.717) is 35.8 Å². The molecule has 0 spiro atoms. The normalized spacial score (nSPS) is 19.7. The van der Waals surface area contributed by atoms with E-state index in [1.807, 2.05) is 48.2 Å². The molecule has 0 bridgehead atoms. The Hall–Kier alpha value is -4.49. The second-order valence-corrected chi connectivity index (χ2v) is 11.0. The van der Waals surface area contributed by atoms with Gasteiger partial charge in [0.05, 0.1) is 51.7 Å². The molecule has 0 aliphatic carbocycles. The SMILES string of the molecule is COc1c(C)c(OC)c(OC)c2c1C[C@H]1CN(C(=O)OC(C)C)C[C@@H](C#N)N1[C@H]2COC(=O)c1cccc2ccccc12. The molecule has 1 fully saturated rings. The molecule has 0 radical (unpaired) electrons. The van der Waals surface area contributed by atoms with Crippen molar-refractivity contribution < 1.29 is 33.3 Å². The Labute approximate surface area is 251 Å². The van der Waals surface area contributed by atoms with Crippen molar-refractivity contribution in [2.75, 3.05) is 41.0 Å². The van der Waals surface area contributed by atoms with E-state index in [1.165, 1.54) is 0 Å². The van der Waals surface area contributed by atoms with Gasteiger partial charge in [0.15, 0.2) is 11.5 Å². The van der Waals surface area contributed by atoms with Crippen LogP contribution >= 0.6 is 0 Å². The van der Waals surface area contributed by atoms with E-state index >= 15 is 0 Å². The van der Waals surface area contributed by atoms with E-state index in [1.54, 1.807) is 46.1 Å². The number of methoxy groups -OCH3 is 3. The number of hydrogen-bond acceptors (Lipinski definition) is 9. The van der Waals surface area contributed by atoms with Gasteiger partial charge < -0.3 is 28.6 Å². The summed E-state index contributed by atoms with van der Waals surface area (Å²) >= 11 is 0. The first-order valence-electron chi connectivity index (χ1n) is 14.3. The Morgan fingerprint density at radius 3 is 2.35 bits per heavy atom. The number of amides is 1. The number of fused-ring (bicyclic) bond motifs is 3. The van der Waals surface area contributed by atoms with Gasteiger partial charge >= 0.3 is 12.1 Å². The van der Waals surface area contributed by atoms with Crippen molar-refractivity contribution in [3.8, 4) is 23.3 Å². The van der Waals surface area contributed by atoms with Crippen LogP contribution in [0.15, 0.2) is 42.5 Å². The van der Waals surface area contributed by atoms with Crippen LogP contribution in [0.3, 0.4) is 0 Å². The average Bonchev–Trinajstić information content (AvgIpc) is 3.01. The fraction of sp³-hybridized carbons (Fsp3) is 0.424. The summed E-state index contributed by atoms with van der Waals surface area (Å²) in [7, 11) is 4.73. The van der Waals surface area contributed by atoms with E-state index in [0.717, 1.165) is 27.5 Å². The fourth-order valence-electron chi connectivity index (χ4n) is 6.51. The Morgan fingerprint density at radius 2 is 1.67 bits per heavy atom. The number of nitriles is 1. The van der Waals surface area contributed by atoms with E-state index in [4.69, 9.17) is 23.7 Å². The van der Waals surface area contributed by atoms with Crippen molar-refractivity contribution in [3.63, 3.8) is 0 Å². The number of rotatable bonds is 7. The molecule has 3 aromatic carbocycles. The van der Waals surface area contributed by atoms with Crippen LogP contribution in [0.4, 0.5) is 4.79 Å². The monoisotopic (exact) mass is 587 g/mol. The summed E-state index contributed by atoms with van der Waals surface area (Å²) in [5, 5.41) is 12.1. The molecule has 2 heterocycles. The summed E-state index contributed by atoms with van der Waals surface area (Å²) in [6.07, 6.45) is -0.286. The summed E-state index contributed by atoms with van der Waals surface area (Å²) in [6.45, 7) is 5.89. The third kappa shape index (κ3) is 5.41. The molecule has 2 aliphatic rings. The maximum atomic E-state index is 13.6. The molecule has 3 atom stereocenters. The number of piperazine rings is 1. The van der Waals surface area contributed by atoms with E-state index in [2.05, 4.69) is 6.07 Å². The summed E-state index contributed by atoms with van der Waals surface area (Å²) in [6, 6.07) is 14.0. The number of ether oxygens (including phenoxy) is 5.